The molecular formula is C70H43N5O. The van der Waals surface area contributed by atoms with Crippen LogP contribution in [0.4, 0.5) is 0 Å². The fourth-order valence-corrected chi connectivity index (χ4v) is 12.7. The molecule has 1 aliphatic carbocycles. The molecule has 2 aliphatic rings. The summed E-state index contributed by atoms with van der Waals surface area (Å²) in [5.74, 6) is 3.51. The van der Waals surface area contributed by atoms with Gasteiger partial charge in [-0.15, -0.1) is 0 Å². The third-order valence-corrected chi connectivity index (χ3v) is 15.8. The molecule has 0 saturated carbocycles. The summed E-state index contributed by atoms with van der Waals surface area (Å²) < 4.78 is 11.7. The van der Waals surface area contributed by atoms with Crippen molar-refractivity contribution in [1.29, 1.82) is 0 Å². The molecule has 0 unspecified atom stereocenters. The molecule has 76 heavy (non-hydrogen) atoms. The van der Waals surface area contributed by atoms with Crippen LogP contribution in [0.3, 0.4) is 0 Å². The number of rotatable bonds is 6. The number of aromatic nitrogens is 5. The standard InChI is InChI=1S/C70H43N5O/c1-5-21-44(22-6-1)67-71-68(45-23-7-2-8-24-45)73-69(72-67)51-31-20-35-58-66(51)65-49(30-19-34-57(65)70(58)55-32-14-17-37-63(55)76-64-38-18-15-33-56(64)70)46-39-40-60-52(41-46)54-42-53-50-29-13-16-36-59(50)74(47-25-9-3-10-26-47)61(53)43-62(54)75(60)48-27-11-4-12-28-48/h1-43H. The SMILES string of the molecule is c1ccc(-c2nc(-c3ccccc3)nc(-c3cccc4c3-c3c(-c5ccc6c(c5)c5cc7c8ccccc8n(-c8ccccc8)c7cc5n6-c5ccccc5)cccc3C43c4ccccc4Oc4ccccc43)n2)cc1. The summed E-state index contributed by atoms with van der Waals surface area (Å²) in [4.78, 5) is 15.9. The van der Waals surface area contributed by atoms with Gasteiger partial charge in [-0.2, -0.15) is 0 Å². The van der Waals surface area contributed by atoms with E-state index >= 15 is 0 Å². The largest absolute Gasteiger partial charge is 0.457 e. The third-order valence-electron chi connectivity index (χ3n) is 15.8. The van der Waals surface area contributed by atoms with Crippen molar-refractivity contribution in [3.05, 3.63) is 283 Å². The Labute approximate surface area is 438 Å². The van der Waals surface area contributed by atoms with Gasteiger partial charge in [-0.1, -0.05) is 194 Å². The molecule has 6 heteroatoms. The van der Waals surface area contributed by atoms with Gasteiger partial charge in [0.05, 0.1) is 27.5 Å². The van der Waals surface area contributed by atoms with Gasteiger partial charge in [0.1, 0.15) is 11.5 Å². The van der Waals surface area contributed by atoms with Crippen LogP contribution in [0, 0.1) is 0 Å². The lowest BCUT2D eigenvalue weighted by atomic mass is 9.66. The highest BCUT2D eigenvalue weighted by atomic mass is 16.5. The van der Waals surface area contributed by atoms with Crippen LogP contribution < -0.4 is 4.74 Å². The van der Waals surface area contributed by atoms with E-state index in [4.69, 9.17) is 19.7 Å². The zero-order valence-corrected chi connectivity index (χ0v) is 41.0. The molecule has 0 fully saturated rings. The molecular weight excluding hydrogens is 927 g/mol. The minimum atomic E-state index is -0.744. The minimum absolute atomic E-state index is 0.607. The quantitative estimate of drug-likeness (QED) is 0.167. The molecule has 1 aliphatic heterocycles. The topological polar surface area (TPSA) is 57.8 Å². The Morgan fingerprint density at radius 3 is 1.34 bits per heavy atom. The molecule has 0 radical (unpaired) electrons. The van der Waals surface area contributed by atoms with Gasteiger partial charge in [-0.05, 0) is 100 Å². The average molecular weight is 970 g/mol. The van der Waals surface area contributed by atoms with Gasteiger partial charge in [-0.3, -0.25) is 0 Å². The molecule has 1 spiro atoms. The second kappa shape index (κ2) is 16.4. The van der Waals surface area contributed by atoms with E-state index in [9.17, 15) is 0 Å². The highest BCUT2D eigenvalue weighted by Gasteiger charge is 2.52. The molecule has 11 aromatic carbocycles. The Balaban J connectivity index is 1.01. The van der Waals surface area contributed by atoms with Crippen molar-refractivity contribution in [1.82, 2.24) is 24.1 Å². The number of hydrogen-bond acceptors (Lipinski definition) is 4. The second-order valence-electron chi connectivity index (χ2n) is 19.8. The van der Waals surface area contributed by atoms with Crippen LogP contribution in [0.5, 0.6) is 11.5 Å². The molecule has 6 nitrogen and oxygen atoms in total. The first-order valence-corrected chi connectivity index (χ1v) is 25.8. The molecule has 0 N–H and O–H groups in total. The maximum atomic E-state index is 6.83. The molecule has 0 atom stereocenters. The van der Waals surface area contributed by atoms with Crippen LogP contribution >= 0.6 is 0 Å². The summed E-state index contributed by atoms with van der Waals surface area (Å²) >= 11 is 0. The van der Waals surface area contributed by atoms with Crippen LogP contribution in [0.25, 0.3) is 111 Å². The second-order valence-corrected chi connectivity index (χ2v) is 19.8. The van der Waals surface area contributed by atoms with E-state index in [1.165, 1.54) is 32.6 Å². The van der Waals surface area contributed by atoms with Gasteiger partial charge in [-0.25, -0.2) is 15.0 Å². The van der Waals surface area contributed by atoms with E-state index in [1.54, 1.807) is 0 Å². The van der Waals surface area contributed by atoms with Gasteiger partial charge in [0.2, 0.25) is 0 Å². The Kier molecular flexibility index (Phi) is 9.15. The van der Waals surface area contributed by atoms with Gasteiger partial charge in [0.25, 0.3) is 0 Å². The number of hydrogen-bond donors (Lipinski definition) is 0. The molecule has 4 heterocycles. The lowest BCUT2D eigenvalue weighted by Crippen LogP contribution is -2.32. The maximum absolute atomic E-state index is 6.83. The van der Waals surface area contributed by atoms with Crippen molar-refractivity contribution >= 4 is 43.6 Å². The number of para-hydroxylation sites is 5. The molecule has 0 amide bonds. The Morgan fingerprint density at radius 1 is 0.289 bits per heavy atom. The number of benzene rings is 11. The van der Waals surface area contributed by atoms with E-state index in [1.807, 2.05) is 36.4 Å². The van der Waals surface area contributed by atoms with Gasteiger partial charge >= 0.3 is 0 Å². The van der Waals surface area contributed by atoms with Crippen molar-refractivity contribution in [2.75, 3.05) is 0 Å². The first kappa shape index (κ1) is 42.3. The first-order chi connectivity index (χ1) is 37.7. The summed E-state index contributed by atoms with van der Waals surface area (Å²) in [5.41, 5.74) is 17.9. The Bertz CT molecular complexity index is 4550. The summed E-state index contributed by atoms with van der Waals surface area (Å²) in [6.07, 6.45) is 0. The van der Waals surface area contributed by atoms with Crippen molar-refractivity contribution in [3.63, 3.8) is 0 Å². The van der Waals surface area contributed by atoms with Crippen LogP contribution in [0.15, 0.2) is 261 Å². The lowest BCUT2D eigenvalue weighted by molar-refractivity contribution is 0.436. The van der Waals surface area contributed by atoms with Crippen molar-refractivity contribution in [2.24, 2.45) is 0 Å². The summed E-state index contributed by atoms with van der Waals surface area (Å²) in [6.45, 7) is 0. The van der Waals surface area contributed by atoms with Crippen LogP contribution in [-0.2, 0) is 5.41 Å². The fourth-order valence-electron chi connectivity index (χ4n) is 12.7. The molecule has 14 aromatic rings. The first-order valence-electron chi connectivity index (χ1n) is 25.8. The van der Waals surface area contributed by atoms with E-state index in [0.717, 1.165) is 95.1 Å². The minimum Gasteiger partial charge on any atom is -0.457 e. The van der Waals surface area contributed by atoms with Crippen LogP contribution in [-0.4, -0.2) is 24.1 Å². The molecule has 0 saturated heterocycles. The Hall–Kier alpha value is -10.2. The monoisotopic (exact) mass is 969 g/mol. The lowest BCUT2D eigenvalue weighted by Gasteiger charge is -2.39. The van der Waals surface area contributed by atoms with Crippen LogP contribution in [0.2, 0.25) is 0 Å². The fraction of sp³-hybridized carbons (Fsp3) is 0.0143. The predicted octanol–water partition coefficient (Wildman–Crippen LogP) is 17.2. The molecule has 0 bridgehead atoms. The summed E-state index contributed by atoms with van der Waals surface area (Å²) in [6, 6.07) is 93.3. The number of fused-ring (bicyclic) bond motifs is 15. The van der Waals surface area contributed by atoms with Gasteiger partial charge in [0, 0.05) is 60.7 Å². The summed E-state index contributed by atoms with van der Waals surface area (Å²) in [5, 5.41) is 4.79. The maximum Gasteiger partial charge on any atom is 0.164 e. The van der Waals surface area contributed by atoms with Crippen LogP contribution in [0.1, 0.15) is 22.3 Å². The third kappa shape index (κ3) is 6.06. The Morgan fingerprint density at radius 2 is 0.737 bits per heavy atom. The number of ether oxygens (including phenoxy) is 1. The van der Waals surface area contributed by atoms with Gasteiger partial charge < -0.3 is 13.9 Å². The van der Waals surface area contributed by atoms with E-state index in [-0.39, 0.29) is 0 Å². The smallest absolute Gasteiger partial charge is 0.164 e. The molecule has 16 rings (SSSR count). The highest BCUT2D eigenvalue weighted by molar-refractivity contribution is 6.20. The predicted molar refractivity (Wildman–Crippen MR) is 308 cm³/mol. The molecule has 3 aromatic heterocycles. The average Bonchev–Trinajstić information content (AvgIpc) is 4.11. The summed E-state index contributed by atoms with van der Waals surface area (Å²) in [7, 11) is 0. The van der Waals surface area contributed by atoms with Crippen molar-refractivity contribution in [2.45, 2.75) is 5.41 Å². The van der Waals surface area contributed by atoms with Crippen molar-refractivity contribution < 1.29 is 4.74 Å². The van der Waals surface area contributed by atoms with E-state index in [0.29, 0.717) is 17.5 Å². The zero-order chi connectivity index (χ0) is 49.9. The van der Waals surface area contributed by atoms with Gasteiger partial charge in [0.15, 0.2) is 17.5 Å². The number of nitrogens with zero attached hydrogens (tertiary/aromatic N) is 5. The highest BCUT2D eigenvalue weighted by Crippen LogP contribution is 2.65. The normalized spacial score (nSPS) is 12.9. The zero-order valence-electron chi connectivity index (χ0n) is 41.0. The van der Waals surface area contributed by atoms with Crippen molar-refractivity contribution in [3.8, 4) is 79.3 Å². The molecule has 354 valence electrons. The van der Waals surface area contributed by atoms with E-state index in [2.05, 4.69) is 234 Å². The van der Waals surface area contributed by atoms with E-state index < -0.39 is 5.41 Å².